The second kappa shape index (κ2) is 6.73. The molecular formula is C14H23N5O2. The summed E-state index contributed by atoms with van der Waals surface area (Å²) in [5, 5.41) is 3.24. The van der Waals surface area contributed by atoms with Crippen LogP contribution in [0.3, 0.4) is 0 Å². The van der Waals surface area contributed by atoms with Crippen LogP contribution in [0.5, 0.6) is 0 Å². The Balaban J connectivity index is 2.04. The lowest BCUT2D eigenvalue weighted by atomic mass is 10.1. The largest absolute Gasteiger partial charge is 0.465 e. The SMILES string of the molecule is COC(=O)c1ccnc(NCC2CN(C)CCN2C)c1N. The van der Waals surface area contributed by atoms with Gasteiger partial charge in [-0.2, -0.15) is 0 Å². The van der Waals surface area contributed by atoms with Crippen molar-refractivity contribution in [2.24, 2.45) is 0 Å². The van der Waals surface area contributed by atoms with Gasteiger partial charge in [0.05, 0.1) is 18.4 Å². The van der Waals surface area contributed by atoms with Gasteiger partial charge in [0.15, 0.2) is 0 Å². The van der Waals surface area contributed by atoms with Crippen LogP contribution in [0.2, 0.25) is 0 Å². The van der Waals surface area contributed by atoms with Crippen molar-refractivity contribution >= 4 is 17.5 Å². The van der Waals surface area contributed by atoms with E-state index >= 15 is 0 Å². The minimum Gasteiger partial charge on any atom is -0.465 e. The Morgan fingerprint density at radius 1 is 1.52 bits per heavy atom. The molecule has 0 aromatic carbocycles. The number of esters is 1. The number of methoxy groups -OCH3 is 1. The highest BCUT2D eigenvalue weighted by Crippen LogP contribution is 2.21. The van der Waals surface area contributed by atoms with E-state index in [2.05, 4.69) is 34.2 Å². The number of nitrogens with one attached hydrogen (secondary N) is 1. The number of hydrogen-bond donors (Lipinski definition) is 2. The van der Waals surface area contributed by atoms with E-state index in [9.17, 15) is 4.79 Å². The minimum atomic E-state index is -0.451. The summed E-state index contributed by atoms with van der Waals surface area (Å²) in [6.45, 7) is 3.82. The lowest BCUT2D eigenvalue weighted by molar-refractivity contribution is 0.0602. The molecule has 0 aliphatic carbocycles. The number of nitrogen functional groups attached to an aromatic ring is 1. The predicted molar refractivity (Wildman–Crippen MR) is 82.4 cm³/mol. The Morgan fingerprint density at radius 3 is 3.00 bits per heavy atom. The Bertz CT molecular complexity index is 508. The number of likely N-dealkylation sites (N-methyl/N-ethyl adjacent to an activating group) is 2. The van der Waals surface area contributed by atoms with Gasteiger partial charge in [0.1, 0.15) is 5.82 Å². The first-order chi connectivity index (χ1) is 10.0. The van der Waals surface area contributed by atoms with Crippen LogP contribution >= 0.6 is 0 Å². The number of anilines is 2. The van der Waals surface area contributed by atoms with Gasteiger partial charge in [0.25, 0.3) is 0 Å². The average molecular weight is 293 g/mol. The maximum atomic E-state index is 11.6. The Hall–Kier alpha value is -1.86. The van der Waals surface area contributed by atoms with E-state index in [1.54, 1.807) is 12.3 Å². The highest BCUT2D eigenvalue weighted by atomic mass is 16.5. The third-order valence-corrected chi connectivity index (χ3v) is 3.88. The molecule has 1 saturated heterocycles. The number of piperazine rings is 1. The summed E-state index contributed by atoms with van der Waals surface area (Å²) >= 11 is 0. The standard InChI is InChI=1S/C14H23N5O2/c1-18-6-7-19(2)10(9-18)8-17-13-12(15)11(4-5-16-13)14(20)21-3/h4-5,10H,6-9,15H2,1-3H3,(H,16,17). The molecular weight excluding hydrogens is 270 g/mol. The lowest BCUT2D eigenvalue weighted by Gasteiger charge is -2.37. The highest BCUT2D eigenvalue weighted by Gasteiger charge is 2.22. The van der Waals surface area contributed by atoms with Crippen LogP contribution in [0.25, 0.3) is 0 Å². The number of pyridine rings is 1. The van der Waals surface area contributed by atoms with E-state index < -0.39 is 5.97 Å². The van der Waals surface area contributed by atoms with Crippen molar-refractivity contribution in [3.8, 4) is 0 Å². The normalized spacial score (nSPS) is 20.2. The molecule has 1 aliphatic rings. The Kier molecular flexibility index (Phi) is 4.98. The molecule has 0 bridgehead atoms. The van der Waals surface area contributed by atoms with Crippen LogP contribution < -0.4 is 11.1 Å². The monoisotopic (exact) mass is 293 g/mol. The maximum absolute atomic E-state index is 11.6. The molecule has 1 aliphatic heterocycles. The van der Waals surface area contributed by atoms with Gasteiger partial charge in [-0.1, -0.05) is 0 Å². The summed E-state index contributed by atoms with van der Waals surface area (Å²) in [7, 11) is 5.56. The van der Waals surface area contributed by atoms with E-state index in [-0.39, 0.29) is 0 Å². The Labute approximate surface area is 125 Å². The van der Waals surface area contributed by atoms with E-state index in [4.69, 9.17) is 10.5 Å². The van der Waals surface area contributed by atoms with Gasteiger partial charge in [-0.15, -0.1) is 0 Å². The molecule has 3 N–H and O–H groups in total. The highest BCUT2D eigenvalue weighted by molar-refractivity contribution is 5.97. The number of carbonyl (C=O) groups excluding carboxylic acids is 1. The zero-order valence-electron chi connectivity index (χ0n) is 12.8. The molecule has 0 saturated carbocycles. The van der Waals surface area contributed by atoms with Gasteiger partial charge in [0, 0.05) is 38.4 Å². The molecule has 1 unspecified atom stereocenters. The number of rotatable bonds is 4. The molecule has 1 fully saturated rings. The summed E-state index contributed by atoms with van der Waals surface area (Å²) < 4.78 is 4.71. The summed E-state index contributed by atoms with van der Waals surface area (Å²) in [5.41, 5.74) is 6.65. The van der Waals surface area contributed by atoms with Gasteiger partial charge in [0.2, 0.25) is 0 Å². The van der Waals surface area contributed by atoms with Crippen LogP contribution in [0, 0.1) is 0 Å². The van der Waals surface area contributed by atoms with Crippen molar-refractivity contribution < 1.29 is 9.53 Å². The Morgan fingerprint density at radius 2 is 2.29 bits per heavy atom. The molecule has 1 aromatic rings. The first-order valence-electron chi connectivity index (χ1n) is 6.98. The number of nitrogens with zero attached hydrogens (tertiary/aromatic N) is 3. The third-order valence-electron chi connectivity index (χ3n) is 3.88. The van der Waals surface area contributed by atoms with Crippen molar-refractivity contribution in [1.82, 2.24) is 14.8 Å². The fourth-order valence-electron chi connectivity index (χ4n) is 2.44. The second-order valence-corrected chi connectivity index (χ2v) is 5.39. The summed E-state index contributed by atoms with van der Waals surface area (Å²) in [4.78, 5) is 20.4. The zero-order chi connectivity index (χ0) is 15.4. The third kappa shape index (κ3) is 3.62. The maximum Gasteiger partial charge on any atom is 0.340 e. The van der Waals surface area contributed by atoms with Crippen LogP contribution in [0.4, 0.5) is 11.5 Å². The number of nitrogens with two attached hydrogens (primary N) is 1. The second-order valence-electron chi connectivity index (χ2n) is 5.39. The number of ether oxygens (including phenoxy) is 1. The molecule has 21 heavy (non-hydrogen) atoms. The quantitative estimate of drug-likeness (QED) is 0.762. The molecule has 1 atom stereocenters. The lowest BCUT2D eigenvalue weighted by Crippen LogP contribution is -2.52. The predicted octanol–water partition coefficient (Wildman–Crippen LogP) is 0.108. The molecule has 2 heterocycles. The van der Waals surface area contributed by atoms with Crippen LogP contribution in [-0.2, 0) is 4.74 Å². The molecule has 0 spiro atoms. The van der Waals surface area contributed by atoms with Crippen LogP contribution in [0.1, 0.15) is 10.4 Å². The fourth-order valence-corrected chi connectivity index (χ4v) is 2.44. The summed E-state index contributed by atoms with van der Waals surface area (Å²) in [6.07, 6.45) is 1.56. The van der Waals surface area contributed by atoms with E-state index in [1.165, 1.54) is 7.11 Å². The first-order valence-corrected chi connectivity index (χ1v) is 6.98. The van der Waals surface area contributed by atoms with E-state index in [1.807, 2.05) is 0 Å². The van der Waals surface area contributed by atoms with Gasteiger partial charge < -0.3 is 20.7 Å². The molecule has 7 nitrogen and oxygen atoms in total. The van der Waals surface area contributed by atoms with Crippen LogP contribution in [-0.4, -0.2) is 74.2 Å². The molecule has 0 amide bonds. The molecule has 0 radical (unpaired) electrons. The van der Waals surface area contributed by atoms with Crippen molar-refractivity contribution in [3.63, 3.8) is 0 Å². The number of carbonyl (C=O) groups is 1. The average Bonchev–Trinajstić information content (AvgIpc) is 2.48. The van der Waals surface area contributed by atoms with Crippen molar-refractivity contribution in [3.05, 3.63) is 17.8 Å². The topological polar surface area (TPSA) is 83.7 Å². The summed E-state index contributed by atoms with van der Waals surface area (Å²) in [5.74, 6) is 0.0759. The van der Waals surface area contributed by atoms with Crippen molar-refractivity contribution in [2.45, 2.75) is 6.04 Å². The number of aromatic nitrogens is 1. The van der Waals surface area contributed by atoms with Crippen molar-refractivity contribution in [2.75, 3.05) is 58.4 Å². The number of hydrogen-bond acceptors (Lipinski definition) is 7. The molecule has 2 rings (SSSR count). The fraction of sp³-hybridized carbons (Fsp3) is 0.571. The van der Waals surface area contributed by atoms with E-state index in [0.717, 1.165) is 26.2 Å². The smallest absolute Gasteiger partial charge is 0.340 e. The summed E-state index contributed by atoms with van der Waals surface area (Å²) in [6, 6.07) is 1.94. The van der Waals surface area contributed by atoms with E-state index in [0.29, 0.717) is 23.1 Å². The van der Waals surface area contributed by atoms with Gasteiger partial charge in [-0.3, -0.25) is 4.90 Å². The molecule has 7 heteroatoms. The minimum absolute atomic E-state index is 0.330. The zero-order valence-corrected chi connectivity index (χ0v) is 12.8. The van der Waals surface area contributed by atoms with Crippen molar-refractivity contribution in [1.29, 1.82) is 0 Å². The first kappa shape index (κ1) is 15.5. The molecule has 116 valence electrons. The van der Waals surface area contributed by atoms with Gasteiger partial charge in [-0.25, -0.2) is 9.78 Å². The molecule has 1 aromatic heterocycles. The van der Waals surface area contributed by atoms with Crippen LogP contribution in [0.15, 0.2) is 12.3 Å². The van der Waals surface area contributed by atoms with Gasteiger partial charge >= 0.3 is 5.97 Å². The van der Waals surface area contributed by atoms with Gasteiger partial charge in [-0.05, 0) is 20.2 Å².